The molecule has 1 spiro atoms. The number of morpholine rings is 1. The van der Waals surface area contributed by atoms with Crippen LogP contribution in [0.15, 0.2) is 46.6 Å². The molecule has 50 heavy (non-hydrogen) atoms. The van der Waals surface area contributed by atoms with Crippen molar-refractivity contribution in [3.63, 3.8) is 0 Å². The highest BCUT2D eigenvalue weighted by atomic mass is 32.1. The Balaban J connectivity index is 1.02. The molecule has 0 aliphatic carbocycles. The summed E-state index contributed by atoms with van der Waals surface area (Å²) in [4.78, 5) is 39.6. The number of benzene rings is 1. The Morgan fingerprint density at radius 2 is 1.86 bits per heavy atom. The second-order valence-corrected chi connectivity index (χ2v) is 22.6. The number of piperidine rings is 1. The first kappa shape index (κ1) is 36.9. The van der Waals surface area contributed by atoms with Gasteiger partial charge in [-0.3, -0.25) is 14.5 Å². The summed E-state index contributed by atoms with van der Waals surface area (Å²) in [6.07, 6.45) is 5.69. The summed E-state index contributed by atoms with van der Waals surface area (Å²) in [7, 11) is -2.10. The van der Waals surface area contributed by atoms with Gasteiger partial charge in [0.25, 0.3) is 5.91 Å². The van der Waals surface area contributed by atoms with Gasteiger partial charge in [-0.25, -0.2) is 4.98 Å². The number of aromatic amines is 1. The maximum atomic E-state index is 13.1. The number of unbranched alkanes of at least 4 members (excludes halogenated alkanes) is 1. The Bertz CT molecular complexity index is 1850. The highest BCUT2D eigenvalue weighted by Crippen LogP contribution is 2.43. The predicted octanol–water partition coefficient (Wildman–Crippen LogP) is 8.04. The van der Waals surface area contributed by atoms with Crippen LogP contribution in [0.3, 0.4) is 0 Å². The summed E-state index contributed by atoms with van der Waals surface area (Å²) in [5.74, 6) is 0.101. The van der Waals surface area contributed by atoms with Crippen LogP contribution in [0.25, 0.3) is 10.9 Å². The number of phenolic OH excluding ortho intramolecular Hbond substituents is 1. The normalized spacial score (nSPS) is 17.8. The van der Waals surface area contributed by atoms with Gasteiger partial charge in [0.05, 0.1) is 35.4 Å². The number of ether oxygens (including phenoxy) is 1. The van der Waals surface area contributed by atoms with Crippen molar-refractivity contribution in [2.24, 2.45) is 0 Å². The van der Waals surface area contributed by atoms with Gasteiger partial charge >= 0.3 is 0 Å². The lowest BCUT2D eigenvalue weighted by atomic mass is 9.89. The van der Waals surface area contributed by atoms with Crippen LogP contribution in [0.2, 0.25) is 18.1 Å². The number of carbonyl (C=O) groups is 1. The molecular formula is C38H52N4O5S2Si. The maximum Gasteiger partial charge on any atom is 0.273 e. The van der Waals surface area contributed by atoms with E-state index in [2.05, 4.69) is 60.9 Å². The molecule has 0 radical (unpaired) electrons. The fourth-order valence-corrected chi connectivity index (χ4v) is 9.90. The first-order valence-electron chi connectivity index (χ1n) is 17.9. The zero-order chi connectivity index (χ0) is 35.7. The van der Waals surface area contributed by atoms with E-state index in [1.165, 1.54) is 27.2 Å². The second-order valence-electron chi connectivity index (χ2n) is 15.6. The number of aromatic hydroxyl groups is 1. The van der Waals surface area contributed by atoms with Crippen LogP contribution in [-0.2, 0) is 22.1 Å². The molecule has 2 aliphatic rings. The van der Waals surface area contributed by atoms with E-state index in [4.69, 9.17) is 9.16 Å². The van der Waals surface area contributed by atoms with E-state index in [0.29, 0.717) is 30.9 Å². The summed E-state index contributed by atoms with van der Waals surface area (Å²) < 4.78 is 13.4. The Morgan fingerprint density at radius 3 is 2.58 bits per heavy atom. The van der Waals surface area contributed by atoms with Crippen LogP contribution in [0.4, 0.5) is 0 Å². The van der Waals surface area contributed by atoms with Crippen molar-refractivity contribution in [3.05, 3.63) is 78.2 Å². The first-order chi connectivity index (χ1) is 23.7. The van der Waals surface area contributed by atoms with Crippen molar-refractivity contribution in [2.75, 3.05) is 32.8 Å². The van der Waals surface area contributed by atoms with Crippen molar-refractivity contribution >= 4 is 47.8 Å². The number of rotatable bonds is 11. The highest BCUT2D eigenvalue weighted by molar-refractivity contribution is 7.12. The first-order valence-corrected chi connectivity index (χ1v) is 22.5. The summed E-state index contributed by atoms with van der Waals surface area (Å²) in [5.41, 5.74) is 1.56. The van der Waals surface area contributed by atoms with Crippen LogP contribution in [0.1, 0.15) is 89.8 Å². The molecule has 12 heteroatoms. The standard InChI is InChI=1S/C38H52N4O5S2Si/c1-26-39-31(24-48-26)36(45)42-21-22-46-38(25-42)17-19-41(20-18-38)23-28-12-11-27(49-28)9-7-8-10-33(47-50(5,6)37(2,3)4)29-13-15-32(43)35-30(29)14-16-34(44)40-35/h11-16,24,33,43H,7-10,17-23,25H2,1-6H3,(H,40,44)/t33-/m0/s1. The molecule has 2 fully saturated rings. The zero-order valence-corrected chi connectivity index (χ0v) is 33.0. The van der Waals surface area contributed by atoms with E-state index in [0.717, 1.165) is 74.1 Å². The number of likely N-dealkylation sites (tertiary alicyclic amines) is 1. The molecule has 0 unspecified atom stereocenters. The molecule has 6 rings (SSSR count). The van der Waals surface area contributed by atoms with Gasteiger partial charge in [-0.2, -0.15) is 0 Å². The maximum absolute atomic E-state index is 13.1. The quantitative estimate of drug-likeness (QED) is 0.119. The number of nitrogens with zero attached hydrogens (tertiary/aromatic N) is 3. The van der Waals surface area contributed by atoms with E-state index in [9.17, 15) is 14.7 Å². The molecule has 2 saturated heterocycles. The largest absolute Gasteiger partial charge is 0.506 e. The summed E-state index contributed by atoms with van der Waals surface area (Å²) in [6, 6.07) is 11.5. The number of carbonyl (C=O) groups excluding carboxylic acids is 1. The van der Waals surface area contributed by atoms with Crippen molar-refractivity contribution in [1.29, 1.82) is 0 Å². The molecule has 1 aromatic carbocycles. The van der Waals surface area contributed by atoms with Gasteiger partial charge in [0, 0.05) is 52.8 Å². The number of nitrogens with one attached hydrogen (secondary N) is 1. The minimum absolute atomic E-state index is 0.0237. The molecule has 9 nitrogen and oxygen atoms in total. The minimum Gasteiger partial charge on any atom is -0.506 e. The van der Waals surface area contributed by atoms with Crippen LogP contribution in [-0.4, -0.2) is 77.5 Å². The molecule has 0 bridgehead atoms. The van der Waals surface area contributed by atoms with Crippen molar-refractivity contribution in [2.45, 2.75) is 103 Å². The number of fused-ring (bicyclic) bond motifs is 1. The number of pyridine rings is 1. The number of hydrogen-bond donors (Lipinski definition) is 2. The van der Waals surface area contributed by atoms with Crippen molar-refractivity contribution in [3.8, 4) is 5.75 Å². The molecular weight excluding hydrogens is 685 g/mol. The third-order valence-electron chi connectivity index (χ3n) is 10.9. The third kappa shape index (κ3) is 8.42. The fourth-order valence-electron chi connectivity index (χ4n) is 6.90. The van der Waals surface area contributed by atoms with Gasteiger partial charge in [-0.1, -0.05) is 33.3 Å². The Hall–Kier alpha value is -2.87. The predicted molar refractivity (Wildman–Crippen MR) is 205 cm³/mol. The number of H-pyrrole nitrogens is 1. The average molecular weight is 737 g/mol. The van der Waals surface area contributed by atoms with Gasteiger partial charge in [-0.05, 0) is 87.0 Å². The zero-order valence-electron chi connectivity index (χ0n) is 30.3. The lowest BCUT2D eigenvalue weighted by molar-refractivity contribution is -0.127. The summed E-state index contributed by atoms with van der Waals surface area (Å²) in [5, 5.41) is 14.2. The Labute approximate surface area is 304 Å². The fraction of sp³-hybridized carbons (Fsp3) is 0.553. The molecule has 4 aromatic rings. The Kier molecular flexibility index (Phi) is 11.1. The van der Waals surface area contributed by atoms with Gasteiger partial charge < -0.3 is 24.2 Å². The van der Waals surface area contributed by atoms with Crippen molar-refractivity contribution < 1.29 is 19.1 Å². The summed E-state index contributed by atoms with van der Waals surface area (Å²) >= 11 is 3.43. The lowest BCUT2D eigenvalue weighted by Gasteiger charge is -2.47. The molecule has 5 heterocycles. The smallest absolute Gasteiger partial charge is 0.273 e. The highest BCUT2D eigenvalue weighted by Gasteiger charge is 2.42. The monoisotopic (exact) mass is 736 g/mol. The number of aromatic nitrogens is 2. The molecule has 2 aliphatic heterocycles. The van der Waals surface area contributed by atoms with E-state index in [1.807, 2.05) is 40.7 Å². The number of hydrogen-bond acceptors (Lipinski definition) is 9. The minimum atomic E-state index is -2.10. The van der Waals surface area contributed by atoms with Gasteiger partial charge in [-0.15, -0.1) is 22.7 Å². The van der Waals surface area contributed by atoms with E-state index >= 15 is 0 Å². The molecule has 0 saturated carbocycles. The topological polar surface area (TPSA) is 108 Å². The molecule has 2 N–H and O–H groups in total. The molecule has 1 atom stereocenters. The summed E-state index contributed by atoms with van der Waals surface area (Å²) in [6.45, 7) is 18.0. The molecule has 1 amide bonds. The number of amides is 1. The van der Waals surface area contributed by atoms with Crippen LogP contribution in [0, 0.1) is 6.92 Å². The number of aryl methyl sites for hydroxylation is 2. The second kappa shape index (κ2) is 15.0. The van der Waals surface area contributed by atoms with E-state index in [1.54, 1.807) is 6.07 Å². The number of thiazole rings is 1. The van der Waals surface area contributed by atoms with Crippen molar-refractivity contribution in [1.82, 2.24) is 19.8 Å². The van der Waals surface area contributed by atoms with Crippen LogP contribution in [0.5, 0.6) is 5.75 Å². The molecule has 270 valence electrons. The van der Waals surface area contributed by atoms with E-state index in [-0.39, 0.29) is 34.0 Å². The third-order valence-corrected chi connectivity index (χ3v) is 17.3. The van der Waals surface area contributed by atoms with E-state index < -0.39 is 8.32 Å². The SMILES string of the molecule is Cc1nc(C(=O)N2CCOC3(CCN(Cc4ccc(CCCC[C@H](O[Si](C)(C)C(C)(C)C)c5ccc(O)c6[nH]c(=O)ccc56)s4)CC3)C2)cs1. The van der Waals surface area contributed by atoms with Gasteiger partial charge in [0.15, 0.2) is 8.32 Å². The van der Waals surface area contributed by atoms with Crippen LogP contribution < -0.4 is 5.56 Å². The van der Waals surface area contributed by atoms with Gasteiger partial charge in [0.2, 0.25) is 5.56 Å². The number of thiophene rings is 1. The number of phenols is 1. The van der Waals surface area contributed by atoms with Gasteiger partial charge in [0.1, 0.15) is 11.4 Å². The Morgan fingerprint density at radius 1 is 1.10 bits per heavy atom. The lowest BCUT2D eigenvalue weighted by Crippen LogP contribution is -2.57. The van der Waals surface area contributed by atoms with Crippen LogP contribution >= 0.6 is 22.7 Å². The molecule has 3 aromatic heterocycles. The average Bonchev–Trinajstić information content (AvgIpc) is 3.72.